The number of halogens is 1. The first-order valence-electron chi connectivity index (χ1n) is 4.86. The van der Waals surface area contributed by atoms with E-state index in [4.69, 9.17) is 18.0 Å². The van der Waals surface area contributed by atoms with E-state index in [9.17, 15) is 0 Å². The molecule has 1 heterocycles. The Labute approximate surface area is 108 Å². The summed E-state index contributed by atoms with van der Waals surface area (Å²) in [6.45, 7) is 0.777. The van der Waals surface area contributed by atoms with Gasteiger partial charge in [-0.25, -0.2) is 0 Å². The Morgan fingerprint density at radius 3 is 2.81 bits per heavy atom. The zero-order valence-electron chi connectivity index (χ0n) is 8.56. The fourth-order valence-corrected chi connectivity index (χ4v) is 2.24. The van der Waals surface area contributed by atoms with E-state index in [-0.39, 0.29) is 0 Å². The highest BCUT2D eigenvalue weighted by Gasteiger charge is 2.04. The second-order valence-corrected chi connectivity index (χ2v) is 4.87. The lowest BCUT2D eigenvalue weighted by molar-refractivity contribution is 0.798. The zero-order valence-corrected chi connectivity index (χ0v) is 11.0. The third-order valence-corrected chi connectivity index (χ3v) is 3.03. The summed E-state index contributed by atoms with van der Waals surface area (Å²) in [5.41, 5.74) is 7.75. The summed E-state index contributed by atoms with van der Waals surface area (Å²) in [5, 5.41) is 0. The van der Waals surface area contributed by atoms with Crippen LogP contribution in [0.3, 0.4) is 0 Å². The predicted molar refractivity (Wildman–Crippen MR) is 73.6 cm³/mol. The van der Waals surface area contributed by atoms with Crippen LogP contribution in [0.15, 0.2) is 47.1 Å². The van der Waals surface area contributed by atoms with Gasteiger partial charge in [0.2, 0.25) is 0 Å². The lowest BCUT2D eigenvalue weighted by Crippen LogP contribution is -2.15. The molecule has 0 unspecified atom stereocenters. The van der Waals surface area contributed by atoms with Crippen LogP contribution in [0.2, 0.25) is 0 Å². The fourth-order valence-electron chi connectivity index (χ4n) is 1.61. The van der Waals surface area contributed by atoms with Crippen molar-refractivity contribution in [1.82, 2.24) is 4.57 Å². The predicted octanol–water partition coefficient (Wildman–Crippen LogP) is 2.93. The number of nitrogens with two attached hydrogens (primary N) is 1. The van der Waals surface area contributed by atoms with E-state index in [0.717, 1.165) is 16.7 Å². The molecule has 0 radical (unpaired) electrons. The smallest absolute Gasteiger partial charge is 0.120 e. The van der Waals surface area contributed by atoms with Gasteiger partial charge in [0.1, 0.15) is 4.99 Å². The highest BCUT2D eigenvalue weighted by atomic mass is 79.9. The molecule has 0 aliphatic rings. The normalized spacial score (nSPS) is 10.3. The van der Waals surface area contributed by atoms with Crippen molar-refractivity contribution in [1.29, 1.82) is 0 Å². The van der Waals surface area contributed by atoms with E-state index < -0.39 is 0 Å². The first-order valence-corrected chi connectivity index (χ1v) is 6.06. The maximum Gasteiger partial charge on any atom is 0.120 e. The number of thiocarbonyl (C=S) groups is 1. The lowest BCUT2D eigenvalue weighted by Gasteiger charge is -2.08. The summed E-state index contributed by atoms with van der Waals surface area (Å²) >= 11 is 8.45. The maximum atomic E-state index is 5.64. The molecule has 4 heteroatoms. The van der Waals surface area contributed by atoms with E-state index in [1.807, 2.05) is 35.0 Å². The molecule has 1 aromatic carbocycles. The maximum absolute atomic E-state index is 5.64. The average molecular weight is 295 g/mol. The third kappa shape index (κ3) is 2.51. The van der Waals surface area contributed by atoms with Crippen LogP contribution in [-0.4, -0.2) is 9.56 Å². The Bertz CT molecular complexity index is 519. The monoisotopic (exact) mass is 294 g/mol. The molecule has 0 saturated heterocycles. The minimum atomic E-state index is 0.431. The third-order valence-electron chi connectivity index (χ3n) is 2.32. The number of rotatable bonds is 3. The Morgan fingerprint density at radius 1 is 1.31 bits per heavy atom. The minimum absolute atomic E-state index is 0.431. The van der Waals surface area contributed by atoms with Crippen molar-refractivity contribution in [3.8, 4) is 0 Å². The largest absolute Gasteiger partial charge is 0.388 e. The molecule has 82 valence electrons. The van der Waals surface area contributed by atoms with Crippen molar-refractivity contribution in [2.24, 2.45) is 5.73 Å². The van der Waals surface area contributed by atoms with Gasteiger partial charge in [-0.3, -0.25) is 0 Å². The van der Waals surface area contributed by atoms with Gasteiger partial charge in [-0.15, -0.1) is 0 Å². The van der Waals surface area contributed by atoms with Crippen LogP contribution in [0.4, 0.5) is 0 Å². The second-order valence-electron chi connectivity index (χ2n) is 3.52. The van der Waals surface area contributed by atoms with E-state index in [0.29, 0.717) is 4.99 Å². The van der Waals surface area contributed by atoms with Gasteiger partial charge in [-0.1, -0.05) is 40.3 Å². The number of hydrogen-bond acceptors (Lipinski definition) is 1. The lowest BCUT2D eigenvalue weighted by atomic mass is 10.2. The molecule has 0 bridgehead atoms. The first kappa shape index (κ1) is 11.4. The molecule has 0 atom stereocenters. The topological polar surface area (TPSA) is 30.9 Å². The van der Waals surface area contributed by atoms with Crippen molar-refractivity contribution in [3.05, 3.63) is 58.3 Å². The van der Waals surface area contributed by atoms with E-state index in [2.05, 4.69) is 28.1 Å². The van der Waals surface area contributed by atoms with Gasteiger partial charge in [0.15, 0.2) is 0 Å². The molecule has 2 rings (SSSR count). The molecule has 16 heavy (non-hydrogen) atoms. The van der Waals surface area contributed by atoms with Crippen molar-refractivity contribution in [2.75, 3.05) is 0 Å². The number of benzene rings is 1. The summed E-state index contributed by atoms with van der Waals surface area (Å²) < 4.78 is 3.12. The van der Waals surface area contributed by atoms with Gasteiger partial charge in [-0.05, 0) is 29.8 Å². The average Bonchev–Trinajstić information content (AvgIpc) is 2.66. The van der Waals surface area contributed by atoms with Gasteiger partial charge < -0.3 is 10.3 Å². The fraction of sp³-hybridized carbons (Fsp3) is 0.0833. The van der Waals surface area contributed by atoms with Gasteiger partial charge >= 0.3 is 0 Å². The molecule has 0 fully saturated rings. The quantitative estimate of drug-likeness (QED) is 0.883. The zero-order chi connectivity index (χ0) is 11.5. The first-order chi connectivity index (χ1) is 7.66. The summed E-state index contributed by atoms with van der Waals surface area (Å²) in [6, 6.07) is 12.1. The van der Waals surface area contributed by atoms with E-state index in [1.165, 1.54) is 5.56 Å². The Hall–Kier alpha value is -1.13. The molecule has 0 aliphatic heterocycles. The van der Waals surface area contributed by atoms with Crippen LogP contribution in [0.5, 0.6) is 0 Å². The molecule has 2 nitrogen and oxygen atoms in total. The standard InChI is InChI=1S/C12H11BrN2S/c13-10-4-1-3-9(7-10)8-15-6-2-5-11(15)12(14)16/h1-7H,8H2,(H2,14,16). The molecule has 1 aromatic heterocycles. The van der Waals surface area contributed by atoms with Crippen LogP contribution in [-0.2, 0) is 6.54 Å². The van der Waals surface area contributed by atoms with Gasteiger partial charge in [0.05, 0.1) is 5.69 Å². The van der Waals surface area contributed by atoms with Gasteiger partial charge in [-0.2, -0.15) is 0 Å². The molecule has 2 N–H and O–H groups in total. The molecule has 0 saturated carbocycles. The number of nitrogens with zero attached hydrogens (tertiary/aromatic N) is 1. The highest BCUT2D eigenvalue weighted by molar-refractivity contribution is 9.10. The molecular formula is C12H11BrN2S. The second kappa shape index (κ2) is 4.80. The van der Waals surface area contributed by atoms with E-state index in [1.54, 1.807) is 0 Å². The highest BCUT2D eigenvalue weighted by Crippen LogP contribution is 2.14. The minimum Gasteiger partial charge on any atom is -0.388 e. The summed E-state index contributed by atoms with van der Waals surface area (Å²) in [5.74, 6) is 0. The molecule has 0 aliphatic carbocycles. The number of aromatic nitrogens is 1. The Kier molecular flexibility index (Phi) is 3.41. The van der Waals surface area contributed by atoms with Crippen LogP contribution in [0, 0.1) is 0 Å². The molecule has 0 spiro atoms. The molecular weight excluding hydrogens is 284 g/mol. The van der Waals surface area contributed by atoms with Crippen molar-refractivity contribution in [3.63, 3.8) is 0 Å². The summed E-state index contributed by atoms with van der Waals surface area (Å²) in [6.07, 6.45) is 1.98. The number of hydrogen-bond donors (Lipinski definition) is 1. The van der Waals surface area contributed by atoms with Crippen LogP contribution in [0.25, 0.3) is 0 Å². The van der Waals surface area contributed by atoms with Crippen molar-refractivity contribution >= 4 is 33.1 Å². The van der Waals surface area contributed by atoms with Crippen LogP contribution in [0.1, 0.15) is 11.3 Å². The van der Waals surface area contributed by atoms with Crippen molar-refractivity contribution in [2.45, 2.75) is 6.54 Å². The van der Waals surface area contributed by atoms with Crippen molar-refractivity contribution < 1.29 is 0 Å². The Balaban J connectivity index is 2.27. The Morgan fingerprint density at radius 2 is 2.12 bits per heavy atom. The van der Waals surface area contributed by atoms with Crippen LogP contribution >= 0.6 is 28.1 Å². The van der Waals surface area contributed by atoms with Gasteiger partial charge in [0.25, 0.3) is 0 Å². The van der Waals surface area contributed by atoms with Gasteiger partial charge in [0, 0.05) is 17.2 Å². The summed E-state index contributed by atoms with van der Waals surface area (Å²) in [4.78, 5) is 0.431. The summed E-state index contributed by atoms with van der Waals surface area (Å²) in [7, 11) is 0. The molecule has 2 aromatic rings. The molecule has 0 amide bonds. The van der Waals surface area contributed by atoms with E-state index >= 15 is 0 Å². The van der Waals surface area contributed by atoms with Crippen LogP contribution < -0.4 is 5.73 Å². The SMILES string of the molecule is NC(=S)c1cccn1Cc1cccc(Br)c1.